The molecule has 0 N–H and O–H groups in total. The number of para-hydroxylation sites is 1. The molecular formula is C19H24N4O3. The van der Waals surface area contributed by atoms with Crippen LogP contribution in [0.15, 0.2) is 24.3 Å². The maximum absolute atomic E-state index is 13.2. The van der Waals surface area contributed by atoms with Crippen molar-refractivity contribution in [2.24, 2.45) is 0 Å². The smallest absolute Gasteiger partial charge is 0.256 e. The van der Waals surface area contributed by atoms with Gasteiger partial charge < -0.3 is 9.80 Å². The summed E-state index contributed by atoms with van der Waals surface area (Å²) in [5.74, 6) is -0.653. The molecule has 1 aromatic rings. The number of piperazine rings is 1. The van der Waals surface area contributed by atoms with Crippen molar-refractivity contribution in [2.75, 3.05) is 51.2 Å². The van der Waals surface area contributed by atoms with Crippen LogP contribution < -0.4 is 4.90 Å². The fourth-order valence-electron chi connectivity index (χ4n) is 4.06. The van der Waals surface area contributed by atoms with Gasteiger partial charge in [0.05, 0.1) is 17.8 Å². The second kappa shape index (κ2) is 6.81. The first-order valence-electron chi connectivity index (χ1n) is 9.24. The molecule has 2 fully saturated rings. The normalized spacial score (nSPS) is 24.4. The summed E-state index contributed by atoms with van der Waals surface area (Å²) >= 11 is 0. The van der Waals surface area contributed by atoms with Gasteiger partial charge in [-0.3, -0.25) is 19.3 Å². The highest BCUT2D eigenvalue weighted by Crippen LogP contribution is 2.32. The van der Waals surface area contributed by atoms with E-state index in [1.165, 1.54) is 4.90 Å². The largest absolute Gasteiger partial charge is 0.327 e. The Morgan fingerprint density at radius 3 is 2.58 bits per heavy atom. The van der Waals surface area contributed by atoms with Crippen LogP contribution in [0.3, 0.4) is 0 Å². The van der Waals surface area contributed by atoms with E-state index >= 15 is 0 Å². The molecule has 3 amide bonds. The average Bonchev–Trinajstić information content (AvgIpc) is 3.10. The summed E-state index contributed by atoms with van der Waals surface area (Å²) in [7, 11) is 2.06. The van der Waals surface area contributed by atoms with Crippen LogP contribution in [0.25, 0.3) is 0 Å². The fourth-order valence-corrected chi connectivity index (χ4v) is 4.06. The Morgan fingerprint density at radius 2 is 1.81 bits per heavy atom. The van der Waals surface area contributed by atoms with Crippen molar-refractivity contribution in [2.45, 2.75) is 18.9 Å². The zero-order chi connectivity index (χ0) is 18.3. The molecule has 1 aromatic carbocycles. The molecule has 1 atom stereocenters. The molecule has 0 bridgehead atoms. The van der Waals surface area contributed by atoms with Gasteiger partial charge in [-0.15, -0.1) is 0 Å². The summed E-state index contributed by atoms with van der Waals surface area (Å²) < 4.78 is 0. The van der Waals surface area contributed by atoms with Crippen molar-refractivity contribution in [3.63, 3.8) is 0 Å². The van der Waals surface area contributed by atoms with E-state index in [1.807, 2.05) is 0 Å². The number of nitrogens with zero attached hydrogens (tertiary/aromatic N) is 4. The number of imide groups is 1. The maximum Gasteiger partial charge on any atom is 0.256 e. The molecule has 2 saturated heterocycles. The second-order valence-electron chi connectivity index (χ2n) is 7.32. The molecule has 0 spiro atoms. The highest BCUT2D eigenvalue weighted by molar-refractivity contribution is 6.22. The van der Waals surface area contributed by atoms with Crippen LogP contribution in [-0.4, -0.2) is 84.8 Å². The van der Waals surface area contributed by atoms with Gasteiger partial charge in [0.2, 0.25) is 5.91 Å². The quantitative estimate of drug-likeness (QED) is 0.768. The van der Waals surface area contributed by atoms with Crippen LogP contribution >= 0.6 is 0 Å². The number of rotatable bonds is 2. The topological polar surface area (TPSA) is 64.2 Å². The second-order valence-corrected chi connectivity index (χ2v) is 7.32. The van der Waals surface area contributed by atoms with Crippen molar-refractivity contribution in [3.05, 3.63) is 29.8 Å². The van der Waals surface area contributed by atoms with Crippen molar-refractivity contribution in [3.8, 4) is 0 Å². The molecule has 26 heavy (non-hydrogen) atoms. The van der Waals surface area contributed by atoms with E-state index in [9.17, 15) is 14.4 Å². The molecule has 0 aromatic heterocycles. The van der Waals surface area contributed by atoms with Crippen LogP contribution in [0.2, 0.25) is 0 Å². The van der Waals surface area contributed by atoms with Crippen molar-refractivity contribution in [1.29, 1.82) is 0 Å². The summed E-state index contributed by atoms with van der Waals surface area (Å²) in [5.41, 5.74) is 0.869. The molecule has 0 radical (unpaired) electrons. The molecule has 3 aliphatic rings. The minimum absolute atomic E-state index is 0.147. The standard InChI is InChI=1S/C19H24N4O3/c1-20-9-11-21(12-10-20)13-17(24)23-15-6-3-2-5-14(15)18(25)22-8-4-7-16(22)19(23)26/h2-3,5-6,16H,4,7-13H2,1H3/t16-/m0/s1. The van der Waals surface area contributed by atoms with E-state index in [0.29, 0.717) is 24.2 Å². The van der Waals surface area contributed by atoms with Gasteiger partial charge >= 0.3 is 0 Å². The molecule has 0 aliphatic carbocycles. The molecular weight excluding hydrogens is 332 g/mol. The molecule has 3 aliphatic heterocycles. The highest BCUT2D eigenvalue weighted by Gasteiger charge is 2.44. The molecule has 7 heteroatoms. The molecule has 3 heterocycles. The zero-order valence-corrected chi connectivity index (χ0v) is 15.1. The Morgan fingerprint density at radius 1 is 1.08 bits per heavy atom. The van der Waals surface area contributed by atoms with Gasteiger partial charge in [0.15, 0.2) is 0 Å². The van der Waals surface area contributed by atoms with Crippen LogP contribution in [-0.2, 0) is 9.59 Å². The van der Waals surface area contributed by atoms with Crippen LogP contribution in [0.4, 0.5) is 5.69 Å². The van der Waals surface area contributed by atoms with E-state index < -0.39 is 6.04 Å². The predicted octanol–water partition coefficient (Wildman–Crippen LogP) is 0.412. The number of carbonyl (C=O) groups excluding carboxylic acids is 3. The van der Waals surface area contributed by atoms with E-state index in [1.54, 1.807) is 29.2 Å². The average molecular weight is 356 g/mol. The first kappa shape index (κ1) is 17.2. The lowest BCUT2D eigenvalue weighted by Crippen LogP contribution is -2.52. The third kappa shape index (κ3) is 2.91. The number of benzene rings is 1. The van der Waals surface area contributed by atoms with E-state index in [2.05, 4.69) is 16.8 Å². The molecule has 4 rings (SSSR count). The molecule has 0 unspecified atom stereocenters. The van der Waals surface area contributed by atoms with Crippen LogP contribution in [0.1, 0.15) is 23.2 Å². The minimum atomic E-state index is -0.522. The predicted molar refractivity (Wildman–Crippen MR) is 96.9 cm³/mol. The summed E-state index contributed by atoms with van der Waals surface area (Å²) in [5, 5.41) is 0. The first-order chi connectivity index (χ1) is 12.6. The SMILES string of the molecule is CN1CCN(CC(=O)N2C(=O)[C@@H]3CCCN3C(=O)c3ccccc32)CC1. The number of hydrogen-bond acceptors (Lipinski definition) is 5. The van der Waals surface area contributed by atoms with Gasteiger partial charge in [-0.05, 0) is 32.0 Å². The van der Waals surface area contributed by atoms with Crippen LogP contribution in [0, 0.1) is 0 Å². The van der Waals surface area contributed by atoms with Crippen molar-refractivity contribution >= 4 is 23.4 Å². The lowest BCUT2D eigenvalue weighted by atomic mass is 10.1. The highest BCUT2D eigenvalue weighted by atomic mass is 16.2. The van der Waals surface area contributed by atoms with E-state index in [-0.39, 0.29) is 24.3 Å². The Labute approximate surface area is 153 Å². The van der Waals surface area contributed by atoms with Crippen molar-refractivity contribution in [1.82, 2.24) is 14.7 Å². The Balaban J connectivity index is 1.64. The first-order valence-corrected chi connectivity index (χ1v) is 9.24. The third-order valence-electron chi connectivity index (χ3n) is 5.60. The number of hydrogen-bond donors (Lipinski definition) is 0. The number of likely N-dealkylation sites (N-methyl/N-ethyl adjacent to an activating group) is 1. The Hall–Kier alpha value is -2.25. The van der Waals surface area contributed by atoms with Gasteiger partial charge in [-0.25, -0.2) is 4.90 Å². The minimum Gasteiger partial charge on any atom is -0.327 e. The van der Waals surface area contributed by atoms with Gasteiger partial charge in [0.25, 0.3) is 11.8 Å². The summed E-state index contributed by atoms with van der Waals surface area (Å²) in [6.45, 7) is 4.21. The number of amides is 3. The summed E-state index contributed by atoms with van der Waals surface area (Å²) in [4.78, 5) is 46.3. The summed E-state index contributed by atoms with van der Waals surface area (Å²) in [6.07, 6.45) is 1.42. The molecule has 7 nitrogen and oxygen atoms in total. The van der Waals surface area contributed by atoms with Gasteiger partial charge in [-0.1, -0.05) is 12.1 Å². The lowest BCUT2D eigenvalue weighted by molar-refractivity contribution is -0.129. The maximum atomic E-state index is 13.2. The third-order valence-corrected chi connectivity index (χ3v) is 5.60. The van der Waals surface area contributed by atoms with Crippen molar-refractivity contribution < 1.29 is 14.4 Å². The van der Waals surface area contributed by atoms with Gasteiger partial charge in [0, 0.05) is 32.7 Å². The van der Waals surface area contributed by atoms with E-state index in [4.69, 9.17) is 0 Å². The molecule has 138 valence electrons. The zero-order valence-electron chi connectivity index (χ0n) is 15.1. The van der Waals surface area contributed by atoms with Crippen LogP contribution in [0.5, 0.6) is 0 Å². The number of carbonyl (C=O) groups is 3. The van der Waals surface area contributed by atoms with Gasteiger partial charge in [-0.2, -0.15) is 0 Å². The number of anilines is 1. The van der Waals surface area contributed by atoms with Gasteiger partial charge in [0.1, 0.15) is 6.04 Å². The monoisotopic (exact) mass is 356 g/mol. The number of fused-ring (bicyclic) bond motifs is 2. The van der Waals surface area contributed by atoms with E-state index in [0.717, 1.165) is 32.6 Å². The Bertz CT molecular complexity index is 742. The lowest BCUT2D eigenvalue weighted by Gasteiger charge is -2.33. The summed E-state index contributed by atoms with van der Waals surface area (Å²) in [6, 6.07) is 6.44. The molecule has 0 saturated carbocycles. The Kier molecular flexibility index (Phi) is 4.50. The fraction of sp³-hybridized carbons (Fsp3) is 0.526.